The molecule has 1 fully saturated rings. The molecule has 1 atom stereocenters. The van der Waals surface area contributed by atoms with Crippen molar-refractivity contribution in [3.8, 4) is 11.1 Å². The topological polar surface area (TPSA) is 52.9 Å². The van der Waals surface area contributed by atoms with Crippen LogP contribution in [0.5, 0.6) is 0 Å². The van der Waals surface area contributed by atoms with Crippen LogP contribution in [0.3, 0.4) is 0 Å². The molecule has 3 aromatic rings. The smallest absolute Gasteiger partial charge is 0.373 e. The number of piperazine rings is 1. The quantitative estimate of drug-likeness (QED) is 0.554. The number of pyridine rings is 2. The van der Waals surface area contributed by atoms with Gasteiger partial charge in [-0.05, 0) is 43.7 Å². The van der Waals surface area contributed by atoms with Crippen molar-refractivity contribution in [3.63, 3.8) is 0 Å². The van der Waals surface area contributed by atoms with Gasteiger partial charge in [0.15, 0.2) is 0 Å². The number of anilines is 1. The van der Waals surface area contributed by atoms with Gasteiger partial charge in [0.1, 0.15) is 12.1 Å². The van der Waals surface area contributed by atoms with Crippen molar-refractivity contribution in [2.75, 3.05) is 45.1 Å². The minimum Gasteiger partial charge on any atom is -0.373 e. The van der Waals surface area contributed by atoms with Crippen LogP contribution in [0.15, 0.2) is 36.7 Å². The summed E-state index contributed by atoms with van der Waals surface area (Å²) in [4.78, 5) is 19.9. The Morgan fingerprint density at radius 1 is 1.18 bits per heavy atom. The molecule has 0 radical (unpaired) electrons. The average Bonchev–Trinajstić information content (AvgIpc) is 3.21. The lowest BCUT2D eigenvalue weighted by atomic mass is 10.0. The number of aromatic nitrogens is 2. The number of hydrogen-bond donors (Lipinski definition) is 1. The van der Waals surface area contributed by atoms with E-state index in [4.69, 9.17) is 0 Å². The van der Waals surface area contributed by atoms with Crippen LogP contribution in [0, 0.1) is 6.92 Å². The molecule has 0 aliphatic carbocycles. The van der Waals surface area contributed by atoms with E-state index < -0.39 is 12.7 Å². The molecule has 1 aliphatic rings. The van der Waals surface area contributed by atoms with E-state index in [0.29, 0.717) is 31.7 Å². The first-order chi connectivity index (χ1) is 15.7. The molecule has 4 heterocycles. The highest BCUT2D eigenvalue weighted by molar-refractivity contribution is 5.87. The van der Waals surface area contributed by atoms with E-state index >= 15 is 0 Å². The highest BCUT2D eigenvalue weighted by Crippen LogP contribution is 2.33. The van der Waals surface area contributed by atoms with Gasteiger partial charge >= 0.3 is 6.18 Å². The van der Waals surface area contributed by atoms with E-state index in [9.17, 15) is 18.0 Å². The maximum absolute atomic E-state index is 12.8. The number of rotatable bonds is 6. The standard InChI is InChI=1S/C24H28F3N5O/c1-16-19(14-33)12-21-20(18-4-5-22(28-3)29-13-18)6-7-32(21)23(16)17(2)31-10-8-30(9-11-31)15-24(25,26)27/h4-7,12-14,17H,8-11,15H2,1-3H3,(H,28,29). The van der Waals surface area contributed by atoms with Gasteiger partial charge in [0.2, 0.25) is 0 Å². The third-order valence-corrected chi connectivity index (χ3v) is 6.51. The largest absolute Gasteiger partial charge is 0.401 e. The Morgan fingerprint density at radius 3 is 2.48 bits per heavy atom. The van der Waals surface area contributed by atoms with E-state index in [1.165, 1.54) is 4.90 Å². The second kappa shape index (κ2) is 9.15. The third-order valence-electron chi connectivity index (χ3n) is 6.51. The first-order valence-corrected chi connectivity index (χ1v) is 11.0. The fraction of sp³-hybridized carbons (Fsp3) is 0.417. The van der Waals surface area contributed by atoms with Crippen molar-refractivity contribution in [1.82, 2.24) is 19.2 Å². The monoisotopic (exact) mass is 459 g/mol. The normalized spacial score (nSPS) is 16.8. The maximum Gasteiger partial charge on any atom is 0.401 e. The molecule has 0 spiro atoms. The van der Waals surface area contributed by atoms with Crippen molar-refractivity contribution in [2.24, 2.45) is 0 Å². The lowest BCUT2D eigenvalue weighted by molar-refractivity contribution is -0.149. The summed E-state index contributed by atoms with van der Waals surface area (Å²) in [5.74, 6) is 0.769. The zero-order valence-electron chi connectivity index (χ0n) is 19.0. The predicted octanol–water partition coefficient (Wildman–Crippen LogP) is 4.40. The second-order valence-electron chi connectivity index (χ2n) is 8.50. The van der Waals surface area contributed by atoms with Crippen LogP contribution >= 0.6 is 0 Å². The fourth-order valence-electron chi connectivity index (χ4n) is 4.70. The van der Waals surface area contributed by atoms with Crippen LogP contribution in [0.4, 0.5) is 19.0 Å². The summed E-state index contributed by atoms with van der Waals surface area (Å²) >= 11 is 0. The van der Waals surface area contributed by atoms with Crippen molar-refractivity contribution >= 4 is 17.6 Å². The van der Waals surface area contributed by atoms with Gasteiger partial charge in [-0.15, -0.1) is 0 Å². The van der Waals surface area contributed by atoms with Crippen LogP contribution in [0.1, 0.15) is 34.6 Å². The summed E-state index contributed by atoms with van der Waals surface area (Å²) in [7, 11) is 1.81. The highest BCUT2D eigenvalue weighted by atomic mass is 19.4. The molecule has 1 N–H and O–H groups in total. The number of hydrogen-bond acceptors (Lipinski definition) is 5. The molecule has 6 nitrogen and oxygen atoms in total. The Balaban J connectivity index is 1.68. The summed E-state index contributed by atoms with van der Waals surface area (Å²) < 4.78 is 40.4. The summed E-state index contributed by atoms with van der Waals surface area (Å²) in [5.41, 5.74) is 5.28. The number of carbonyl (C=O) groups is 1. The lowest BCUT2D eigenvalue weighted by Gasteiger charge is -2.39. The van der Waals surface area contributed by atoms with Crippen LogP contribution < -0.4 is 5.32 Å². The Labute approximate surface area is 191 Å². The first kappa shape index (κ1) is 23.3. The molecule has 0 saturated carbocycles. The number of nitrogens with zero attached hydrogens (tertiary/aromatic N) is 4. The second-order valence-corrected chi connectivity index (χ2v) is 8.50. The molecular weight excluding hydrogens is 431 g/mol. The van der Waals surface area contributed by atoms with E-state index in [0.717, 1.165) is 40.0 Å². The molecule has 33 heavy (non-hydrogen) atoms. The molecule has 0 aromatic carbocycles. The van der Waals surface area contributed by atoms with Crippen molar-refractivity contribution in [1.29, 1.82) is 0 Å². The van der Waals surface area contributed by atoms with Crippen molar-refractivity contribution in [3.05, 3.63) is 53.5 Å². The summed E-state index contributed by atoms with van der Waals surface area (Å²) in [6.07, 6.45) is 0.469. The molecule has 1 unspecified atom stereocenters. The average molecular weight is 460 g/mol. The summed E-state index contributed by atoms with van der Waals surface area (Å²) in [6, 6.07) is 7.72. The maximum atomic E-state index is 12.8. The zero-order chi connectivity index (χ0) is 23.8. The Morgan fingerprint density at radius 2 is 1.91 bits per heavy atom. The number of halogens is 3. The van der Waals surface area contributed by atoms with Gasteiger partial charge in [0.05, 0.1) is 12.1 Å². The van der Waals surface area contributed by atoms with Crippen LogP contribution in [0.2, 0.25) is 0 Å². The molecule has 0 bridgehead atoms. The van der Waals surface area contributed by atoms with Gasteiger partial charge in [-0.2, -0.15) is 13.2 Å². The number of nitrogens with one attached hydrogen (secondary N) is 1. The van der Waals surface area contributed by atoms with Gasteiger partial charge in [0.25, 0.3) is 0 Å². The van der Waals surface area contributed by atoms with E-state index in [2.05, 4.69) is 26.5 Å². The van der Waals surface area contributed by atoms with Gasteiger partial charge in [-0.1, -0.05) is 0 Å². The van der Waals surface area contributed by atoms with Gasteiger partial charge in [-0.3, -0.25) is 14.6 Å². The Kier molecular flexibility index (Phi) is 6.45. The van der Waals surface area contributed by atoms with E-state index in [1.54, 1.807) is 6.20 Å². The minimum atomic E-state index is -4.18. The third kappa shape index (κ3) is 4.74. The van der Waals surface area contributed by atoms with Crippen molar-refractivity contribution in [2.45, 2.75) is 26.1 Å². The molecule has 3 aromatic heterocycles. The highest BCUT2D eigenvalue weighted by Gasteiger charge is 2.33. The van der Waals surface area contributed by atoms with Crippen molar-refractivity contribution < 1.29 is 18.0 Å². The molecule has 4 rings (SSSR count). The van der Waals surface area contributed by atoms with E-state index in [1.807, 2.05) is 44.4 Å². The number of carbonyl (C=O) groups excluding carboxylic acids is 1. The van der Waals surface area contributed by atoms with Gasteiger partial charge in [-0.25, -0.2) is 4.98 Å². The van der Waals surface area contributed by atoms with Gasteiger partial charge < -0.3 is 9.72 Å². The molecular formula is C24H28F3N5O. The fourth-order valence-corrected chi connectivity index (χ4v) is 4.70. The molecule has 1 saturated heterocycles. The first-order valence-electron chi connectivity index (χ1n) is 11.0. The molecule has 9 heteroatoms. The Bertz CT molecular complexity index is 1130. The van der Waals surface area contributed by atoms with Gasteiger partial charge in [0, 0.05) is 74.0 Å². The number of aldehydes is 1. The lowest BCUT2D eigenvalue weighted by Crippen LogP contribution is -2.49. The van der Waals surface area contributed by atoms with E-state index in [-0.39, 0.29) is 6.04 Å². The van der Waals surface area contributed by atoms with Crippen LogP contribution in [-0.2, 0) is 0 Å². The zero-order valence-corrected chi connectivity index (χ0v) is 19.0. The SMILES string of the molecule is CNc1ccc(-c2ccn3c(C(C)N4CCN(CC(F)(F)F)CC4)c(C)c(C=O)cc23)cn1. The molecule has 1 aliphatic heterocycles. The summed E-state index contributed by atoms with van der Waals surface area (Å²) in [6.45, 7) is 4.90. The molecule has 176 valence electrons. The number of alkyl halides is 3. The Hall–Kier alpha value is -2.91. The van der Waals surface area contributed by atoms with Crippen LogP contribution in [0.25, 0.3) is 16.6 Å². The van der Waals surface area contributed by atoms with Crippen LogP contribution in [-0.4, -0.2) is 71.4 Å². The molecule has 0 amide bonds. The summed E-state index contributed by atoms with van der Waals surface area (Å²) in [5, 5.41) is 3.00. The minimum absolute atomic E-state index is 0.0644. The predicted molar refractivity (Wildman–Crippen MR) is 123 cm³/mol. The number of fused-ring (bicyclic) bond motifs is 1.